The minimum absolute atomic E-state index is 0. The van der Waals surface area contributed by atoms with E-state index in [1.807, 2.05) is 12.1 Å². The van der Waals surface area contributed by atoms with E-state index < -0.39 is 0 Å². The van der Waals surface area contributed by atoms with Crippen molar-refractivity contribution in [3.63, 3.8) is 0 Å². The van der Waals surface area contributed by atoms with E-state index in [-0.39, 0.29) is 22.4 Å². The van der Waals surface area contributed by atoms with Gasteiger partial charge in [-0.25, -0.2) is 0 Å². The van der Waals surface area contributed by atoms with Crippen LogP contribution in [0.15, 0.2) is 146 Å². The van der Waals surface area contributed by atoms with Crippen molar-refractivity contribution in [2.75, 3.05) is 0 Å². The van der Waals surface area contributed by atoms with Crippen LogP contribution in [0.4, 0.5) is 11.4 Å². The van der Waals surface area contributed by atoms with Crippen molar-refractivity contribution in [2.24, 2.45) is 0 Å². The Morgan fingerprint density at radius 1 is 0.400 bits per heavy atom. The van der Waals surface area contributed by atoms with Crippen molar-refractivity contribution in [3.8, 4) is 22.3 Å². The monoisotopic (exact) mass is 903 g/mol. The van der Waals surface area contributed by atoms with E-state index in [2.05, 4.69) is 204 Å². The molecule has 0 unspecified atom stereocenters. The Bertz CT molecular complexity index is 2310. The van der Waals surface area contributed by atoms with Crippen LogP contribution in [0.5, 0.6) is 0 Å². The Hall–Kier alpha value is -5.02. The van der Waals surface area contributed by atoms with Crippen LogP contribution in [0.1, 0.15) is 101 Å². The number of benzene rings is 6. The number of rotatable bonds is 8. The van der Waals surface area contributed by atoms with Crippen LogP contribution < -0.4 is 4.98 Å². The molecule has 1 aliphatic heterocycles. The molecule has 4 heteroatoms. The van der Waals surface area contributed by atoms with Gasteiger partial charge < -0.3 is 4.98 Å². The molecule has 0 bridgehead atoms. The number of aromatic nitrogens is 1. The van der Waals surface area contributed by atoms with Gasteiger partial charge in [-0.2, -0.15) is 0 Å². The predicted octanol–water partition coefficient (Wildman–Crippen LogP) is 14.1. The van der Waals surface area contributed by atoms with Crippen LogP contribution in [0.2, 0.25) is 0 Å². The zero-order chi connectivity index (χ0) is 37.9. The maximum absolute atomic E-state index is 4.78. The number of para-hydroxylation sites is 2. The van der Waals surface area contributed by atoms with E-state index in [0.717, 1.165) is 11.0 Å². The number of hydrogen-bond donors (Lipinski definition) is 0. The first-order chi connectivity index (χ1) is 26.1. The maximum atomic E-state index is 4.78. The van der Waals surface area contributed by atoms with Crippen molar-refractivity contribution < 1.29 is 31.5 Å². The van der Waals surface area contributed by atoms with E-state index in [1.54, 1.807) is 0 Å². The quantitative estimate of drug-likeness (QED) is 0.110. The number of fused-ring (bicyclic) bond motifs is 3. The summed E-state index contributed by atoms with van der Waals surface area (Å²) in [6.45, 7) is 18.2. The van der Waals surface area contributed by atoms with E-state index >= 15 is 0 Å². The average Bonchev–Trinajstić information content (AvgIpc) is 3.83. The SMILES string of the molecule is CC(C)c1cccc(C(C)C)c1[N+]1=C=[N+](c2c(C(C)C)cccc2C(C)C)C=C1.[Au+].c1ccc(-c2ccc3[n-]c4ccc(-c5ccccc5)cc4c3c2)cc1. The molecule has 6 aromatic carbocycles. The van der Waals surface area contributed by atoms with Gasteiger partial charge in [0, 0.05) is 22.3 Å². The Morgan fingerprint density at radius 3 is 1.07 bits per heavy atom. The predicted molar refractivity (Wildman–Crippen MR) is 229 cm³/mol. The first-order valence-electron chi connectivity index (χ1n) is 19.5. The van der Waals surface area contributed by atoms with E-state index in [1.165, 1.54) is 66.7 Å². The standard InChI is InChI=1S/C27H36N2.C24H16N.Au/c1-18(2)22-11-9-12-23(19(3)4)26(22)28-15-16-29(17-28)27-24(20(5)6)13-10-14-25(27)21(7)8;1-3-7-17(8-4-1)19-11-13-23-21(15-19)22-16-20(12-14-24(22)25-23)18-9-5-2-6-10-18;/h9-16,18-21H,1-8H3;1-16H;/q+2;-1;+1. The summed E-state index contributed by atoms with van der Waals surface area (Å²) in [5.74, 6) is 1.84. The Labute approximate surface area is 343 Å². The Kier molecular flexibility index (Phi) is 12.4. The van der Waals surface area contributed by atoms with Gasteiger partial charge in [-0.3, -0.25) is 0 Å². The summed E-state index contributed by atoms with van der Waals surface area (Å²) < 4.78 is 4.40. The topological polar surface area (TPSA) is 20.1 Å². The normalized spacial score (nSPS) is 12.4. The fourth-order valence-corrected chi connectivity index (χ4v) is 7.59. The largest absolute Gasteiger partial charge is 1.00 e. The Morgan fingerprint density at radius 2 is 0.745 bits per heavy atom. The Balaban J connectivity index is 0.000000185. The summed E-state index contributed by atoms with van der Waals surface area (Å²) in [4.78, 5) is 4.78. The van der Waals surface area contributed by atoms with Crippen molar-refractivity contribution in [1.29, 1.82) is 0 Å². The van der Waals surface area contributed by atoms with Crippen LogP contribution in [0.3, 0.4) is 0 Å². The molecular weight excluding hydrogens is 852 g/mol. The molecule has 0 spiro atoms. The summed E-state index contributed by atoms with van der Waals surface area (Å²) in [6.07, 6.45) is 4.32. The summed E-state index contributed by atoms with van der Waals surface area (Å²) in [7, 11) is 0. The summed E-state index contributed by atoms with van der Waals surface area (Å²) >= 11 is 0. The molecular formula is C51H52AuN3+2. The van der Waals surface area contributed by atoms with Gasteiger partial charge in [-0.05, 0) is 68.8 Å². The molecule has 55 heavy (non-hydrogen) atoms. The molecule has 0 atom stereocenters. The molecule has 7 aromatic rings. The molecule has 8 rings (SSSR count). The molecule has 0 saturated heterocycles. The van der Waals surface area contributed by atoms with Crippen LogP contribution in [0, 0.1) is 0 Å². The minimum atomic E-state index is 0. The van der Waals surface area contributed by atoms with Gasteiger partial charge in [0.15, 0.2) is 0 Å². The third kappa shape index (κ3) is 8.32. The molecule has 0 fully saturated rings. The third-order valence-corrected chi connectivity index (χ3v) is 10.5. The van der Waals surface area contributed by atoms with Crippen molar-refractivity contribution in [1.82, 2.24) is 4.98 Å². The first kappa shape index (κ1) is 39.7. The van der Waals surface area contributed by atoms with E-state index in [4.69, 9.17) is 4.98 Å². The fraction of sp³-hybridized carbons (Fsp3) is 0.235. The second-order valence-electron chi connectivity index (χ2n) is 15.6. The van der Waals surface area contributed by atoms with E-state index in [0.29, 0.717) is 23.7 Å². The minimum Gasteiger partial charge on any atom is -0.657 e. The van der Waals surface area contributed by atoms with Gasteiger partial charge in [0.25, 0.3) is 12.4 Å². The zero-order valence-electron chi connectivity index (χ0n) is 33.3. The summed E-state index contributed by atoms with van der Waals surface area (Å²) in [5.41, 5.74) is 15.1. The maximum Gasteiger partial charge on any atom is 1.00 e. The van der Waals surface area contributed by atoms with Gasteiger partial charge in [-0.15, -0.1) is 11.0 Å². The van der Waals surface area contributed by atoms with Gasteiger partial charge in [0.2, 0.25) is 11.4 Å². The van der Waals surface area contributed by atoms with Crippen molar-refractivity contribution >= 4 is 39.2 Å². The summed E-state index contributed by atoms with van der Waals surface area (Å²) in [6, 6.07) is 51.1. The molecule has 0 N–H and O–H groups in total. The number of nitrogens with zero attached hydrogens (tertiary/aromatic N) is 3. The molecule has 0 amide bonds. The smallest absolute Gasteiger partial charge is 0.657 e. The molecule has 280 valence electrons. The second-order valence-corrected chi connectivity index (χ2v) is 15.6. The van der Waals surface area contributed by atoms with Gasteiger partial charge in [0.1, 0.15) is 0 Å². The van der Waals surface area contributed by atoms with Crippen molar-refractivity contribution in [3.05, 3.63) is 168 Å². The second kappa shape index (κ2) is 17.2. The van der Waals surface area contributed by atoms with Crippen LogP contribution in [0.25, 0.3) is 44.1 Å². The molecule has 0 aliphatic carbocycles. The van der Waals surface area contributed by atoms with Crippen LogP contribution in [-0.4, -0.2) is 15.2 Å². The molecule has 0 radical (unpaired) electrons. The molecule has 0 saturated carbocycles. The molecule has 1 aromatic heterocycles. The van der Waals surface area contributed by atoms with Crippen molar-refractivity contribution in [2.45, 2.75) is 79.1 Å². The zero-order valence-corrected chi connectivity index (χ0v) is 35.5. The first-order valence-corrected chi connectivity index (χ1v) is 19.5. The number of hydrogen-bond acceptors (Lipinski definition) is 0. The average molecular weight is 904 g/mol. The molecule has 3 nitrogen and oxygen atoms in total. The van der Waals surface area contributed by atoms with Gasteiger partial charge in [0.05, 0.1) is 0 Å². The van der Waals surface area contributed by atoms with E-state index in [9.17, 15) is 0 Å². The van der Waals surface area contributed by atoms with Crippen LogP contribution in [-0.2, 0) is 22.4 Å². The van der Waals surface area contributed by atoms with Crippen LogP contribution >= 0.6 is 0 Å². The summed E-state index contributed by atoms with van der Waals surface area (Å²) in [5, 5.41) is 2.43. The fourth-order valence-electron chi connectivity index (χ4n) is 7.59. The van der Waals surface area contributed by atoms with Gasteiger partial charge in [-0.1, -0.05) is 186 Å². The van der Waals surface area contributed by atoms with Gasteiger partial charge >= 0.3 is 28.4 Å². The third-order valence-electron chi connectivity index (χ3n) is 10.5. The molecule has 1 aliphatic rings. The molecule has 2 heterocycles.